The average Bonchev–Trinajstić information content (AvgIpc) is 2.78. The Hall–Kier alpha value is -3.29. The van der Waals surface area contributed by atoms with Gasteiger partial charge in [-0.3, -0.25) is 4.98 Å². The van der Waals surface area contributed by atoms with Crippen molar-refractivity contribution in [3.05, 3.63) is 101 Å². The predicted molar refractivity (Wildman–Crippen MR) is 115 cm³/mol. The van der Waals surface area contributed by atoms with Gasteiger partial charge in [-0.05, 0) is 35.4 Å². The molecule has 0 aliphatic heterocycles. The largest absolute Gasteiger partial charge is 0.573 e. The molecule has 0 aliphatic carbocycles. The summed E-state index contributed by atoms with van der Waals surface area (Å²) in [6, 6.07) is 19.9. The van der Waals surface area contributed by atoms with E-state index in [9.17, 15) is 18.3 Å². The maximum atomic E-state index is 12.3. The number of benzene rings is 3. The Kier molecular flexibility index (Phi) is 6.21. The highest BCUT2D eigenvalue weighted by Gasteiger charge is 2.31. The lowest BCUT2D eigenvalue weighted by Crippen LogP contribution is -2.17. The third-order valence-electron chi connectivity index (χ3n) is 4.77. The number of hydrogen-bond donors (Lipinski definition) is 1. The summed E-state index contributed by atoms with van der Waals surface area (Å²) in [5, 5.41) is 11.6. The number of aliphatic hydroxyl groups excluding tert-OH is 1. The highest BCUT2D eigenvalue weighted by molar-refractivity contribution is 6.36. The maximum Gasteiger partial charge on any atom is 0.573 e. The van der Waals surface area contributed by atoms with Gasteiger partial charge in [-0.15, -0.1) is 13.2 Å². The van der Waals surface area contributed by atoms with E-state index in [-0.39, 0.29) is 5.75 Å². The lowest BCUT2D eigenvalue weighted by atomic mass is 10.0. The molecule has 1 unspecified atom stereocenters. The summed E-state index contributed by atoms with van der Waals surface area (Å²) in [5.41, 5.74) is 2.31. The molecule has 3 aromatic carbocycles. The molecule has 0 fully saturated rings. The van der Waals surface area contributed by atoms with Gasteiger partial charge < -0.3 is 14.6 Å². The van der Waals surface area contributed by atoms with Crippen molar-refractivity contribution in [3.8, 4) is 11.5 Å². The molecule has 4 aromatic rings. The van der Waals surface area contributed by atoms with Crippen molar-refractivity contribution in [3.63, 3.8) is 0 Å². The Morgan fingerprint density at radius 3 is 2.31 bits per heavy atom. The molecule has 0 amide bonds. The van der Waals surface area contributed by atoms with Crippen LogP contribution in [0.25, 0.3) is 10.9 Å². The molecular formula is C24H17ClF3NO3. The number of fused-ring (bicyclic) bond motifs is 1. The minimum absolute atomic E-state index is 0.299. The number of rotatable bonds is 6. The third-order valence-corrected chi connectivity index (χ3v) is 5.20. The summed E-state index contributed by atoms with van der Waals surface area (Å²) >= 11 is 6.52. The fraction of sp³-hybridized carbons (Fsp3) is 0.125. The van der Waals surface area contributed by atoms with Crippen molar-refractivity contribution in [2.45, 2.75) is 19.1 Å². The number of halogens is 4. The van der Waals surface area contributed by atoms with Gasteiger partial charge in [0, 0.05) is 23.2 Å². The Labute approximate surface area is 186 Å². The zero-order valence-corrected chi connectivity index (χ0v) is 17.3. The first kappa shape index (κ1) is 21.9. The molecule has 4 nitrogen and oxygen atoms in total. The average molecular weight is 460 g/mol. The minimum atomic E-state index is -4.78. The van der Waals surface area contributed by atoms with E-state index in [1.54, 1.807) is 18.2 Å². The van der Waals surface area contributed by atoms with Gasteiger partial charge >= 0.3 is 6.36 Å². The number of pyridine rings is 1. The Morgan fingerprint density at radius 2 is 1.62 bits per heavy atom. The van der Waals surface area contributed by atoms with Crippen molar-refractivity contribution in [2.24, 2.45) is 0 Å². The van der Waals surface area contributed by atoms with Crippen molar-refractivity contribution < 1.29 is 27.8 Å². The molecule has 32 heavy (non-hydrogen) atoms. The van der Waals surface area contributed by atoms with E-state index >= 15 is 0 Å². The molecule has 0 saturated heterocycles. The highest BCUT2D eigenvalue weighted by atomic mass is 35.5. The summed E-state index contributed by atoms with van der Waals surface area (Å²) in [6.07, 6.45) is -4.51. The topological polar surface area (TPSA) is 51.6 Å². The summed E-state index contributed by atoms with van der Waals surface area (Å²) < 4.78 is 46.6. The van der Waals surface area contributed by atoms with Crippen LogP contribution in [-0.2, 0) is 6.61 Å². The summed E-state index contributed by atoms with van der Waals surface area (Å²) in [4.78, 5) is 4.37. The highest BCUT2D eigenvalue weighted by Crippen LogP contribution is 2.35. The van der Waals surface area contributed by atoms with Crippen molar-refractivity contribution in [1.82, 2.24) is 4.98 Å². The van der Waals surface area contributed by atoms with Gasteiger partial charge in [0.05, 0.1) is 10.5 Å². The van der Waals surface area contributed by atoms with Crippen molar-refractivity contribution in [2.75, 3.05) is 0 Å². The van der Waals surface area contributed by atoms with Crippen LogP contribution < -0.4 is 9.47 Å². The lowest BCUT2D eigenvalue weighted by molar-refractivity contribution is -0.274. The molecular weight excluding hydrogens is 443 g/mol. The van der Waals surface area contributed by atoms with E-state index in [1.165, 1.54) is 18.3 Å². The summed E-state index contributed by atoms with van der Waals surface area (Å²) in [6.45, 7) is 0.408. The second-order valence-corrected chi connectivity index (χ2v) is 7.38. The molecule has 0 spiro atoms. The van der Waals surface area contributed by atoms with E-state index in [4.69, 9.17) is 16.3 Å². The molecule has 1 atom stereocenters. The molecule has 0 aliphatic rings. The van der Waals surface area contributed by atoms with Crippen molar-refractivity contribution in [1.29, 1.82) is 0 Å². The number of aromatic nitrogens is 1. The molecule has 164 valence electrons. The number of ether oxygens (including phenoxy) is 2. The van der Waals surface area contributed by atoms with E-state index in [2.05, 4.69) is 9.72 Å². The first-order valence-corrected chi connectivity index (χ1v) is 9.96. The van der Waals surface area contributed by atoms with E-state index in [1.807, 2.05) is 30.3 Å². The molecule has 8 heteroatoms. The van der Waals surface area contributed by atoms with Crippen LogP contribution in [0.3, 0.4) is 0 Å². The molecule has 0 bridgehead atoms. The number of hydrogen-bond acceptors (Lipinski definition) is 4. The number of nitrogens with zero attached hydrogens (tertiary/aromatic N) is 1. The van der Waals surface area contributed by atoms with Crippen LogP contribution in [0.1, 0.15) is 22.8 Å². The first-order chi connectivity index (χ1) is 15.3. The van der Waals surface area contributed by atoms with Gasteiger partial charge in [0.1, 0.15) is 24.2 Å². The molecule has 1 aromatic heterocycles. The normalized spacial score (nSPS) is 12.5. The molecule has 1 heterocycles. The molecule has 1 N–H and O–H groups in total. The van der Waals surface area contributed by atoms with Gasteiger partial charge in [-0.25, -0.2) is 0 Å². The van der Waals surface area contributed by atoms with Gasteiger partial charge in [-0.2, -0.15) is 0 Å². The standard InChI is InChI=1S/C24H17ClF3NO3/c25-22-19-11-10-18(31-14-15-4-2-1-3-5-15)12-21(19)29-13-20(22)23(30)16-6-8-17(9-7-16)32-24(26,27)28/h1-13,23,30H,14H2. The third kappa shape index (κ3) is 5.12. The zero-order valence-electron chi connectivity index (χ0n) is 16.5. The van der Waals surface area contributed by atoms with E-state index < -0.39 is 12.5 Å². The smallest absolute Gasteiger partial charge is 0.489 e. The van der Waals surface area contributed by atoms with Gasteiger partial charge in [0.2, 0.25) is 0 Å². The van der Waals surface area contributed by atoms with Crippen LogP contribution in [-0.4, -0.2) is 16.5 Å². The maximum absolute atomic E-state index is 12.3. The van der Waals surface area contributed by atoms with E-state index in [0.29, 0.717) is 39.4 Å². The molecule has 4 rings (SSSR count). The van der Waals surface area contributed by atoms with Crippen LogP contribution in [0.4, 0.5) is 13.2 Å². The molecule has 0 saturated carbocycles. The van der Waals surface area contributed by atoms with Crippen LogP contribution in [0.5, 0.6) is 11.5 Å². The SMILES string of the molecule is OC(c1ccc(OC(F)(F)F)cc1)c1cnc2cc(OCc3ccccc3)ccc2c1Cl. The van der Waals surface area contributed by atoms with Gasteiger partial charge in [0.15, 0.2) is 0 Å². The number of alkyl halides is 3. The Morgan fingerprint density at radius 1 is 0.938 bits per heavy atom. The van der Waals surface area contributed by atoms with E-state index in [0.717, 1.165) is 17.7 Å². The second kappa shape index (κ2) is 9.06. The zero-order chi connectivity index (χ0) is 22.7. The first-order valence-electron chi connectivity index (χ1n) is 9.59. The van der Waals surface area contributed by atoms with Gasteiger partial charge in [0.25, 0.3) is 0 Å². The quantitative estimate of drug-likeness (QED) is 0.360. The van der Waals surface area contributed by atoms with Crippen LogP contribution in [0.2, 0.25) is 5.02 Å². The Bertz CT molecular complexity index is 1220. The Balaban J connectivity index is 1.54. The second-order valence-electron chi connectivity index (χ2n) is 7.00. The number of aliphatic hydroxyl groups is 1. The fourth-order valence-electron chi connectivity index (χ4n) is 3.21. The fourth-order valence-corrected chi connectivity index (χ4v) is 3.52. The summed E-state index contributed by atoms with van der Waals surface area (Å²) in [5.74, 6) is 0.248. The van der Waals surface area contributed by atoms with Crippen LogP contribution in [0.15, 0.2) is 79.0 Å². The van der Waals surface area contributed by atoms with Crippen LogP contribution in [0, 0.1) is 0 Å². The minimum Gasteiger partial charge on any atom is -0.489 e. The van der Waals surface area contributed by atoms with Crippen LogP contribution >= 0.6 is 11.6 Å². The monoisotopic (exact) mass is 459 g/mol. The predicted octanol–water partition coefficient (Wildman–Crippen LogP) is 6.45. The van der Waals surface area contributed by atoms with Gasteiger partial charge in [-0.1, -0.05) is 54.1 Å². The molecule has 0 radical (unpaired) electrons. The van der Waals surface area contributed by atoms with Crippen molar-refractivity contribution >= 4 is 22.5 Å². The summed E-state index contributed by atoms with van der Waals surface area (Å²) in [7, 11) is 0. The lowest BCUT2D eigenvalue weighted by Gasteiger charge is -2.16.